The Morgan fingerprint density at radius 2 is 0.703 bits per heavy atom. The summed E-state index contributed by atoms with van der Waals surface area (Å²) in [7, 11) is -5.42. The number of ether oxygens (including phenoxy) is 4. The Morgan fingerprint density at radius 1 is 0.405 bits per heavy atom. The zero-order valence-corrected chi connectivity index (χ0v) is 63.9. The molecule has 8 rings (SSSR count). The van der Waals surface area contributed by atoms with Gasteiger partial charge in [0.1, 0.15) is 59.8 Å². The van der Waals surface area contributed by atoms with E-state index in [1.54, 1.807) is 48.5 Å². The molecule has 111 heavy (non-hydrogen) atoms. The third-order valence-electron chi connectivity index (χ3n) is 18.8. The fourth-order valence-electron chi connectivity index (χ4n) is 12.5. The highest BCUT2D eigenvalue weighted by atomic mass is 16.7. The number of ketones is 3. The zero-order chi connectivity index (χ0) is 82.1. The van der Waals surface area contributed by atoms with Gasteiger partial charge in [-0.05, 0) is 101 Å². The summed E-state index contributed by atoms with van der Waals surface area (Å²) in [5.41, 5.74) is 4.69. The first-order valence-corrected chi connectivity index (χ1v) is 37.2. The van der Waals surface area contributed by atoms with Gasteiger partial charge in [0.25, 0.3) is 0 Å². The van der Waals surface area contributed by atoms with Crippen molar-refractivity contribution in [1.29, 1.82) is 0 Å². The number of benzene rings is 3. The molecule has 3 aromatic carbocycles. The van der Waals surface area contributed by atoms with E-state index in [-0.39, 0.29) is 66.3 Å². The lowest BCUT2D eigenvalue weighted by Crippen LogP contribution is -2.60. The van der Waals surface area contributed by atoms with Gasteiger partial charge in [0.05, 0.1) is 83.7 Å². The maximum Gasteiger partial charge on any atom is 0.475 e. The van der Waals surface area contributed by atoms with E-state index in [9.17, 15) is 99.8 Å². The summed E-state index contributed by atoms with van der Waals surface area (Å²) >= 11 is 0. The molecule has 30 nitrogen and oxygen atoms in total. The standard InChI is InChI=1S/C28H39BN2O10.C28H39BN2O9.C22H29BN2O5/c1-15(2)12-23(29(38)39)31-27(37)18(16(3)40-28-26(36)25(35)24(34)22(14-32)41-28)13-21(33)20-11-7-10-19(30-20)17-8-5-4-6-9-17;1-15(2)13-23(29(37)38)31-27(36)19(16(3)39-28-26(35)25(34)24(33)17(4)40-28)14-22(32)21-12-8-11-20(30-21)18-9-6-5-7-10-18;1-14(2)12-21(23(29)30)25-22(28)17(15(3)26)13-20(27)19-11-7-10-18(24-19)16-8-5-4-6-9-16/h4-11,15-16,18,22-26,28,32,34-36,38-39H,12-14H2,1-3H3,(H,31,37);5-12,15-17,19,23-26,28,33-35,37-38H,13-14H2,1-4H3,(H,31,36);4-11,14-15,17,21,26,29-30H,12-13H2,1-3H3,(H,25,28)/t16?,18-,22+,23-,24-,25-,26+,28+;16?,17-,19-,23-,24+,25+,26-,28+;15?,17-,21-/m000/s1. The first-order valence-electron chi connectivity index (χ1n) is 37.2. The first kappa shape index (κ1) is 91.9. The van der Waals surface area contributed by atoms with Crippen molar-refractivity contribution < 1.29 is 119 Å². The van der Waals surface area contributed by atoms with Crippen LogP contribution in [0.1, 0.15) is 139 Å². The molecule has 6 aromatic rings. The fraction of sp³-hybridized carbons (Fsp3) is 0.500. The van der Waals surface area contributed by atoms with Gasteiger partial charge in [-0.2, -0.15) is 0 Å². The number of nitrogens with zero attached hydrogens (tertiary/aromatic N) is 3. The highest BCUT2D eigenvalue weighted by Crippen LogP contribution is 2.31. The quantitative estimate of drug-likeness (QED) is 0.0200. The van der Waals surface area contributed by atoms with Crippen LogP contribution in [0.4, 0.5) is 0 Å². The van der Waals surface area contributed by atoms with E-state index < -0.39 is 179 Å². The molecule has 602 valence electrons. The summed E-state index contributed by atoms with van der Waals surface area (Å²) in [5.74, 6) is -9.45. The van der Waals surface area contributed by atoms with Crippen LogP contribution in [-0.2, 0) is 33.3 Å². The molecule has 0 radical (unpaired) electrons. The number of aliphatic hydroxyl groups excluding tert-OH is 8. The predicted octanol–water partition coefficient (Wildman–Crippen LogP) is 2.26. The van der Waals surface area contributed by atoms with Crippen molar-refractivity contribution in [3.63, 3.8) is 0 Å². The van der Waals surface area contributed by atoms with E-state index in [1.165, 1.54) is 33.8 Å². The maximum absolute atomic E-state index is 13.5. The molecule has 0 spiro atoms. The van der Waals surface area contributed by atoms with E-state index in [4.69, 9.17) is 18.9 Å². The number of carbonyl (C=O) groups excluding carboxylic acids is 6. The SMILES string of the molecule is CC(C)C[C@H](NC(=O)[C@@H](CC(=O)c1cccc(-c2ccccc2)n1)C(C)O)B(O)O.CC(C)C[C@H](NC(=O)[C@@H](CC(=O)c1cccc(-c2ccccc2)n1)C(C)O[C@@H]1O[C@@H](C)[C@@H](O)[C@@H](O)[C@@H]1O)B(O)O.CC(C)C[C@H](NC(=O)[C@@H](CC(=O)c1cccc(-c2ccccc2)n1)C(C)O[C@@H]1O[C@H](CO)[C@H](O)[C@H](O)[C@H]1O)B(O)O. The average molecular weight is 1550 g/mol. The van der Waals surface area contributed by atoms with Crippen LogP contribution < -0.4 is 16.0 Å². The number of rotatable bonds is 35. The molecule has 0 aliphatic carbocycles. The summed E-state index contributed by atoms with van der Waals surface area (Å²) in [6, 6.07) is 43.0. The Bertz CT molecular complexity index is 3880. The lowest BCUT2D eigenvalue weighted by Gasteiger charge is -2.41. The van der Waals surface area contributed by atoms with E-state index in [0.29, 0.717) is 23.5 Å². The average Bonchev–Trinajstić information content (AvgIpc) is 0.811. The second-order valence-electron chi connectivity index (χ2n) is 29.3. The van der Waals surface area contributed by atoms with Crippen molar-refractivity contribution in [2.24, 2.45) is 35.5 Å². The maximum atomic E-state index is 13.5. The van der Waals surface area contributed by atoms with Crippen molar-refractivity contribution in [1.82, 2.24) is 30.9 Å². The molecule has 2 saturated heterocycles. The van der Waals surface area contributed by atoms with Crippen molar-refractivity contribution in [2.75, 3.05) is 6.61 Å². The Kier molecular flexibility index (Phi) is 36.8. The van der Waals surface area contributed by atoms with Gasteiger partial charge < -0.3 is 106 Å². The number of amides is 3. The van der Waals surface area contributed by atoms with Gasteiger partial charge in [0.2, 0.25) is 17.7 Å². The number of carbonyl (C=O) groups is 6. The molecule has 3 amide bonds. The van der Waals surface area contributed by atoms with Crippen molar-refractivity contribution in [3.05, 3.63) is 163 Å². The summed E-state index contributed by atoms with van der Waals surface area (Å²) in [4.78, 5) is 92.5. The normalized spacial score (nSPS) is 22.1. The Balaban J connectivity index is 0.000000263. The summed E-state index contributed by atoms with van der Waals surface area (Å²) in [6.07, 6.45) is -17.9. The van der Waals surface area contributed by atoms with E-state index >= 15 is 0 Å². The van der Waals surface area contributed by atoms with Crippen LogP contribution in [0.25, 0.3) is 33.8 Å². The smallest absolute Gasteiger partial charge is 0.426 e. The summed E-state index contributed by atoms with van der Waals surface area (Å²) in [5, 5.41) is 147. The fourth-order valence-corrected chi connectivity index (χ4v) is 12.5. The van der Waals surface area contributed by atoms with Crippen LogP contribution in [0, 0.1) is 35.5 Å². The Hall–Kier alpha value is -8.00. The third kappa shape index (κ3) is 27.7. The molecule has 0 saturated carbocycles. The van der Waals surface area contributed by atoms with Gasteiger partial charge in [-0.3, -0.25) is 28.8 Å². The highest BCUT2D eigenvalue weighted by molar-refractivity contribution is 6.44. The molecular weight excluding hydrogens is 1440 g/mol. The van der Waals surface area contributed by atoms with Gasteiger partial charge >= 0.3 is 21.4 Å². The number of pyridine rings is 3. The number of aromatic nitrogens is 3. The molecule has 19 atom stereocenters. The molecule has 3 unspecified atom stereocenters. The Morgan fingerprint density at radius 3 is 1.00 bits per heavy atom. The van der Waals surface area contributed by atoms with Crippen molar-refractivity contribution in [2.45, 2.75) is 205 Å². The molecule has 33 heteroatoms. The van der Waals surface area contributed by atoms with Crippen LogP contribution in [-0.4, -0.2) is 247 Å². The summed E-state index contributed by atoms with van der Waals surface area (Å²) in [6.45, 7) is 16.4. The largest absolute Gasteiger partial charge is 0.475 e. The minimum atomic E-state index is -1.86. The van der Waals surface area contributed by atoms with E-state index in [2.05, 4.69) is 30.9 Å². The molecule has 2 aliphatic rings. The topological polar surface area (TPSA) is 497 Å². The second-order valence-corrected chi connectivity index (χ2v) is 29.3. The molecule has 0 bridgehead atoms. The highest BCUT2D eigenvalue weighted by Gasteiger charge is 2.48. The third-order valence-corrected chi connectivity index (χ3v) is 18.8. The number of aliphatic hydroxyl groups is 8. The molecule has 5 heterocycles. The molecule has 17 N–H and O–H groups in total. The molecule has 3 aromatic heterocycles. The van der Waals surface area contributed by atoms with Gasteiger partial charge in [-0.15, -0.1) is 0 Å². The number of hydrogen-bond acceptors (Lipinski definition) is 27. The lowest BCUT2D eigenvalue weighted by molar-refractivity contribution is -0.312. The number of nitrogens with one attached hydrogen (secondary N) is 3. The first-order chi connectivity index (χ1) is 52.5. The van der Waals surface area contributed by atoms with Crippen molar-refractivity contribution in [3.8, 4) is 33.8 Å². The van der Waals surface area contributed by atoms with Crippen LogP contribution in [0.5, 0.6) is 0 Å². The van der Waals surface area contributed by atoms with Crippen LogP contribution in [0.3, 0.4) is 0 Å². The van der Waals surface area contributed by atoms with Crippen molar-refractivity contribution >= 4 is 56.4 Å². The van der Waals surface area contributed by atoms with E-state index in [0.717, 1.165) is 16.7 Å². The molecule has 2 aliphatic heterocycles. The number of Topliss-reactive ketones (excluding diaryl/α,β-unsaturated/α-hetero) is 3. The van der Waals surface area contributed by atoms with Crippen LogP contribution in [0.2, 0.25) is 0 Å². The molecule has 2 fully saturated rings. The van der Waals surface area contributed by atoms with Gasteiger partial charge in [-0.25, -0.2) is 15.0 Å². The molecular formula is C78H107B3N6O24. The number of hydrogen-bond donors (Lipinski definition) is 17. The monoisotopic (exact) mass is 1540 g/mol. The van der Waals surface area contributed by atoms with Gasteiger partial charge in [-0.1, -0.05) is 151 Å². The lowest BCUT2D eigenvalue weighted by atomic mass is 9.74. The van der Waals surface area contributed by atoms with Gasteiger partial charge in [0.15, 0.2) is 29.9 Å². The van der Waals surface area contributed by atoms with E-state index in [1.807, 2.05) is 133 Å². The summed E-state index contributed by atoms with van der Waals surface area (Å²) < 4.78 is 22.5. The predicted molar refractivity (Wildman–Crippen MR) is 410 cm³/mol. The minimum Gasteiger partial charge on any atom is -0.426 e. The minimum absolute atomic E-state index is 0.00916. The van der Waals surface area contributed by atoms with Gasteiger partial charge in [0, 0.05) is 36.0 Å². The van der Waals surface area contributed by atoms with Crippen LogP contribution >= 0.6 is 0 Å². The second kappa shape index (κ2) is 44.5. The zero-order valence-electron chi connectivity index (χ0n) is 63.9. The van der Waals surface area contributed by atoms with Crippen LogP contribution in [0.15, 0.2) is 146 Å². The Labute approximate surface area is 647 Å².